The topological polar surface area (TPSA) is 77.1 Å². The zero-order valence-corrected chi connectivity index (χ0v) is 22.9. The van der Waals surface area contributed by atoms with Crippen LogP contribution in [0.3, 0.4) is 0 Å². The van der Waals surface area contributed by atoms with Crippen molar-refractivity contribution in [3.8, 4) is 17.2 Å². The Morgan fingerprint density at radius 1 is 0.868 bits per heavy atom. The lowest BCUT2D eigenvalue weighted by atomic mass is 10.0. The summed E-state index contributed by atoms with van der Waals surface area (Å²) in [6.45, 7) is 6.01. The number of hydrogen-bond acceptors (Lipinski definition) is 5. The Bertz CT molecular complexity index is 1180. The summed E-state index contributed by atoms with van der Waals surface area (Å²) in [5.74, 6) is 1.06. The van der Waals surface area contributed by atoms with Crippen molar-refractivity contribution in [1.29, 1.82) is 0 Å². The molecule has 0 heterocycles. The van der Waals surface area contributed by atoms with E-state index in [2.05, 4.69) is 5.32 Å². The summed E-state index contributed by atoms with van der Waals surface area (Å²) < 4.78 is 16.5. The van der Waals surface area contributed by atoms with E-state index >= 15 is 0 Å². The molecule has 2 amide bonds. The molecular weight excluding hydrogens is 480 g/mol. The van der Waals surface area contributed by atoms with Crippen LogP contribution in [0.5, 0.6) is 17.2 Å². The van der Waals surface area contributed by atoms with Gasteiger partial charge in [0.05, 0.1) is 14.2 Å². The minimum Gasteiger partial charge on any atom is -0.496 e. The van der Waals surface area contributed by atoms with E-state index in [0.717, 1.165) is 23.1 Å². The molecule has 0 fully saturated rings. The largest absolute Gasteiger partial charge is 0.496 e. The summed E-state index contributed by atoms with van der Waals surface area (Å²) in [7, 11) is 3.11. The minimum absolute atomic E-state index is 0.0165. The van der Waals surface area contributed by atoms with E-state index < -0.39 is 6.04 Å². The van der Waals surface area contributed by atoms with E-state index in [0.29, 0.717) is 23.7 Å². The van der Waals surface area contributed by atoms with Gasteiger partial charge in [-0.3, -0.25) is 9.59 Å². The summed E-state index contributed by atoms with van der Waals surface area (Å²) in [6.07, 6.45) is 1.17. The van der Waals surface area contributed by atoms with E-state index in [1.807, 2.05) is 75.4 Å². The Hall–Kier alpha value is -4.00. The number of nitrogens with zero attached hydrogens (tertiary/aromatic N) is 1. The van der Waals surface area contributed by atoms with Gasteiger partial charge < -0.3 is 24.4 Å². The molecule has 7 heteroatoms. The van der Waals surface area contributed by atoms with Crippen LogP contribution in [0.4, 0.5) is 0 Å². The van der Waals surface area contributed by atoms with Crippen LogP contribution in [0.2, 0.25) is 0 Å². The maximum atomic E-state index is 13.8. The SMILES string of the molecule is CCC(C)NC(=O)C(Cc1ccccc1)N(Cc1cccc(C)c1)C(=O)COc1cc(OC)cc(OC)c1. The molecule has 2 atom stereocenters. The first-order valence-corrected chi connectivity index (χ1v) is 12.9. The Balaban J connectivity index is 1.93. The molecule has 0 aliphatic heterocycles. The molecule has 3 rings (SSSR count). The second-order valence-electron chi connectivity index (χ2n) is 9.37. The molecule has 1 N–H and O–H groups in total. The van der Waals surface area contributed by atoms with Crippen molar-refractivity contribution >= 4 is 11.8 Å². The Kier molecular flexibility index (Phi) is 10.6. The van der Waals surface area contributed by atoms with E-state index in [1.165, 1.54) is 0 Å². The van der Waals surface area contributed by atoms with E-state index in [1.54, 1.807) is 37.3 Å². The summed E-state index contributed by atoms with van der Waals surface area (Å²) >= 11 is 0. The van der Waals surface area contributed by atoms with Gasteiger partial charge in [-0.25, -0.2) is 0 Å². The molecule has 2 unspecified atom stereocenters. The standard InChI is InChI=1S/C31H38N2O5/c1-6-23(3)32-31(35)29(16-24-12-8-7-9-13-24)33(20-25-14-10-11-22(2)15-25)30(34)21-38-28-18-26(36-4)17-27(19-28)37-5/h7-15,17-19,23,29H,6,16,20-21H2,1-5H3,(H,32,35). The maximum Gasteiger partial charge on any atom is 0.261 e. The van der Waals surface area contributed by atoms with Gasteiger partial charge in [-0.05, 0) is 31.4 Å². The zero-order valence-electron chi connectivity index (χ0n) is 22.9. The average molecular weight is 519 g/mol. The van der Waals surface area contributed by atoms with Crippen LogP contribution in [-0.2, 0) is 22.6 Å². The van der Waals surface area contributed by atoms with Crippen LogP contribution in [-0.4, -0.2) is 49.6 Å². The molecule has 0 saturated heterocycles. The molecule has 0 aromatic heterocycles. The predicted octanol–water partition coefficient (Wildman–Crippen LogP) is 4.95. The number of benzene rings is 3. The second-order valence-corrected chi connectivity index (χ2v) is 9.37. The van der Waals surface area contributed by atoms with Gasteiger partial charge in [0.25, 0.3) is 5.91 Å². The number of hydrogen-bond donors (Lipinski definition) is 1. The molecule has 202 valence electrons. The number of aryl methyl sites for hydroxylation is 1. The molecule has 0 bridgehead atoms. The van der Waals surface area contributed by atoms with Gasteiger partial charge in [-0.2, -0.15) is 0 Å². The molecule has 0 aliphatic rings. The van der Waals surface area contributed by atoms with Gasteiger partial charge in [0.15, 0.2) is 6.61 Å². The van der Waals surface area contributed by atoms with E-state index in [9.17, 15) is 9.59 Å². The van der Waals surface area contributed by atoms with Crippen molar-refractivity contribution in [2.75, 3.05) is 20.8 Å². The van der Waals surface area contributed by atoms with Crippen LogP contribution in [0.15, 0.2) is 72.8 Å². The Morgan fingerprint density at radius 2 is 1.50 bits per heavy atom. The predicted molar refractivity (Wildman–Crippen MR) is 149 cm³/mol. The lowest BCUT2D eigenvalue weighted by Gasteiger charge is -2.32. The number of rotatable bonds is 13. The summed E-state index contributed by atoms with van der Waals surface area (Å²) in [4.78, 5) is 29.0. The lowest BCUT2D eigenvalue weighted by molar-refractivity contribution is -0.143. The summed E-state index contributed by atoms with van der Waals surface area (Å²) in [5.41, 5.74) is 2.99. The third-order valence-corrected chi connectivity index (χ3v) is 6.39. The normalized spacial score (nSPS) is 12.2. The first-order valence-electron chi connectivity index (χ1n) is 12.9. The molecule has 0 radical (unpaired) electrons. The van der Waals surface area contributed by atoms with Gasteiger partial charge in [-0.1, -0.05) is 67.1 Å². The number of amides is 2. The first-order chi connectivity index (χ1) is 18.3. The third kappa shape index (κ3) is 8.26. The highest BCUT2D eigenvalue weighted by Gasteiger charge is 2.31. The van der Waals surface area contributed by atoms with Crippen molar-refractivity contribution in [2.24, 2.45) is 0 Å². The van der Waals surface area contributed by atoms with Crippen molar-refractivity contribution < 1.29 is 23.8 Å². The third-order valence-electron chi connectivity index (χ3n) is 6.39. The summed E-state index contributed by atoms with van der Waals surface area (Å²) in [6, 6.07) is 22.1. The van der Waals surface area contributed by atoms with Crippen LogP contribution in [0.25, 0.3) is 0 Å². The number of ether oxygens (including phenoxy) is 3. The molecule has 3 aromatic carbocycles. The van der Waals surface area contributed by atoms with Crippen LogP contribution in [0.1, 0.15) is 37.0 Å². The summed E-state index contributed by atoms with van der Waals surface area (Å²) in [5, 5.41) is 3.08. The minimum atomic E-state index is -0.720. The highest BCUT2D eigenvalue weighted by atomic mass is 16.5. The van der Waals surface area contributed by atoms with Gasteiger partial charge >= 0.3 is 0 Å². The maximum absolute atomic E-state index is 13.8. The van der Waals surface area contributed by atoms with Crippen molar-refractivity contribution in [1.82, 2.24) is 10.2 Å². The molecule has 0 saturated carbocycles. The van der Waals surface area contributed by atoms with Gasteiger partial charge in [-0.15, -0.1) is 0 Å². The molecule has 7 nitrogen and oxygen atoms in total. The molecule has 38 heavy (non-hydrogen) atoms. The van der Waals surface area contributed by atoms with Crippen molar-refractivity contribution in [3.05, 3.63) is 89.5 Å². The van der Waals surface area contributed by atoms with E-state index in [-0.39, 0.29) is 31.0 Å². The highest BCUT2D eigenvalue weighted by molar-refractivity contribution is 5.88. The smallest absolute Gasteiger partial charge is 0.261 e. The quantitative estimate of drug-likeness (QED) is 0.347. The van der Waals surface area contributed by atoms with E-state index in [4.69, 9.17) is 14.2 Å². The lowest BCUT2D eigenvalue weighted by Crippen LogP contribution is -2.53. The van der Waals surface area contributed by atoms with Crippen LogP contribution in [0, 0.1) is 6.92 Å². The number of carbonyl (C=O) groups excluding carboxylic acids is 2. The monoisotopic (exact) mass is 518 g/mol. The first kappa shape index (κ1) is 28.6. The van der Waals surface area contributed by atoms with Gasteiger partial charge in [0.2, 0.25) is 5.91 Å². The fourth-order valence-corrected chi connectivity index (χ4v) is 4.09. The molecule has 3 aromatic rings. The fourth-order valence-electron chi connectivity index (χ4n) is 4.09. The van der Waals surface area contributed by atoms with Crippen LogP contribution >= 0.6 is 0 Å². The fraction of sp³-hybridized carbons (Fsp3) is 0.355. The molecule has 0 aliphatic carbocycles. The number of methoxy groups -OCH3 is 2. The molecular formula is C31H38N2O5. The van der Waals surface area contributed by atoms with Crippen molar-refractivity contribution in [3.63, 3.8) is 0 Å². The Labute approximate surface area is 225 Å². The van der Waals surface area contributed by atoms with Crippen molar-refractivity contribution in [2.45, 2.75) is 52.2 Å². The van der Waals surface area contributed by atoms with Gasteiger partial charge in [0.1, 0.15) is 23.3 Å². The average Bonchev–Trinajstić information content (AvgIpc) is 2.93. The van der Waals surface area contributed by atoms with Crippen LogP contribution < -0.4 is 19.5 Å². The second kappa shape index (κ2) is 14.1. The highest BCUT2D eigenvalue weighted by Crippen LogP contribution is 2.27. The molecule has 0 spiro atoms. The zero-order chi connectivity index (χ0) is 27.5. The van der Waals surface area contributed by atoms with Gasteiger partial charge in [0, 0.05) is 37.2 Å². The number of carbonyl (C=O) groups is 2. The number of nitrogens with one attached hydrogen (secondary N) is 1. The Morgan fingerprint density at radius 3 is 2.11 bits per heavy atom.